The number of hydrogen-bond donors (Lipinski definition) is 1. The van der Waals surface area contributed by atoms with Gasteiger partial charge in [-0.05, 0) is 36.3 Å². The Kier molecular flexibility index (Phi) is 6.21. The van der Waals surface area contributed by atoms with E-state index in [0.29, 0.717) is 22.1 Å². The van der Waals surface area contributed by atoms with Crippen molar-refractivity contribution in [1.82, 2.24) is 5.32 Å². The Morgan fingerprint density at radius 2 is 2.00 bits per heavy atom. The van der Waals surface area contributed by atoms with E-state index in [-0.39, 0.29) is 19.1 Å². The Morgan fingerprint density at radius 1 is 1.25 bits per heavy atom. The monoisotopic (exact) mass is 401 g/mol. The third-order valence-corrected chi connectivity index (χ3v) is 4.55. The van der Waals surface area contributed by atoms with Gasteiger partial charge in [-0.1, -0.05) is 41.4 Å². The summed E-state index contributed by atoms with van der Waals surface area (Å²) in [6.07, 6.45) is 3.04. The maximum Gasteiger partial charge on any atom is 0.307 e. The first kappa shape index (κ1) is 19.8. The summed E-state index contributed by atoms with van der Waals surface area (Å²) in [6.45, 7) is 2.09. The maximum absolute atomic E-state index is 12.4. The molecule has 2 aromatic carbocycles. The van der Waals surface area contributed by atoms with E-state index >= 15 is 0 Å². The number of hydrogen-bond acceptors (Lipinski definition) is 5. The predicted molar refractivity (Wildman–Crippen MR) is 105 cm³/mol. The first-order chi connectivity index (χ1) is 13.5. The van der Waals surface area contributed by atoms with E-state index in [1.807, 2.05) is 31.2 Å². The molecule has 0 fully saturated rings. The highest BCUT2D eigenvalue weighted by atomic mass is 35.5. The zero-order chi connectivity index (χ0) is 20.1. The number of halogens is 1. The Labute approximate surface area is 168 Å². The van der Waals surface area contributed by atoms with Gasteiger partial charge in [0.15, 0.2) is 11.5 Å². The molecule has 1 heterocycles. The fourth-order valence-corrected chi connectivity index (χ4v) is 3.05. The SMILES string of the molecule is COC(=O)CC(NC(=O)/C=C/c1cc(Cl)c2c(c1)OCO2)c1ccc(C)cc1. The molecule has 3 rings (SSSR count). The average Bonchev–Trinajstić information content (AvgIpc) is 3.15. The number of carbonyl (C=O) groups excluding carboxylic acids is 2. The quantitative estimate of drug-likeness (QED) is 0.588. The Hall–Kier alpha value is -2.99. The second-order valence-electron chi connectivity index (χ2n) is 6.32. The molecule has 0 aliphatic carbocycles. The number of esters is 1. The Balaban J connectivity index is 1.72. The summed E-state index contributed by atoms with van der Waals surface area (Å²) in [5.41, 5.74) is 2.61. The highest BCUT2D eigenvalue weighted by molar-refractivity contribution is 6.32. The van der Waals surface area contributed by atoms with Gasteiger partial charge in [0, 0.05) is 6.08 Å². The van der Waals surface area contributed by atoms with Gasteiger partial charge in [0.25, 0.3) is 0 Å². The summed E-state index contributed by atoms with van der Waals surface area (Å²) >= 11 is 6.15. The van der Waals surface area contributed by atoms with Crippen LogP contribution >= 0.6 is 11.6 Å². The van der Waals surface area contributed by atoms with Crippen LogP contribution in [0.1, 0.15) is 29.2 Å². The minimum atomic E-state index is -0.495. The third-order valence-electron chi connectivity index (χ3n) is 4.27. The third kappa shape index (κ3) is 4.84. The molecule has 1 atom stereocenters. The van der Waals surface area contributed by atoms with Crippen LogP contribution in [0.3, 0.4) is 0 Å². The van der Waals surface area contributed by atoms with E-state index in [4.69, 9.17) is 25.8 Å². The molecule has 0 bridgehead atoms. The van der Waals surface area contributed by atoms with Crippen LogP contribution in [0.15, 0.2) is 42.5 Å². The van der Waals surface area contributed by atoms with Crippen LogP contribution in [0.2, 0.25) is 5.02 Å². The van der Waals surface area contributed by atoms with Crippen molar-refractivity contribution >= 4 is 29.6 Å². The maximum atomic E-state index is 12.4. The van der Waals surface area contributed by atoms with Gasteiger partial charge in [0.2, 0.25) is 12.7 Å². The number of aryl methyl sites for hydroxylation is 1. The van der Waals surface area contributed by atoms with Crippen molar-refractivity contribution in [3.05, 3.63) is 64.2 Å². The molecule has 1 aliphatic heterocycles. The molecular formula is C21H20ClNO5. The van der Waals surface area contributed by atoms with Crippen LogP contribution in [0.5, 0.6) is 11.5 Å². The normalized spacial score (nSPS) is 13.4. The molecule has 1 unspecified atom stereocenters. The van der Waals surface area contributed by atoms with Gasteiger partial charge in [0.05, 0.1) is 24.6 Å². The number of fused-ring (bicyclic) bond motifs is 1. The molecule has 1 aliphatic rings. The molecule has 6 nitrogen and oxygen atoms in total. The fraction of sp³-hybridized carbons (Fsp3) is 0.238. The standard InChI is InChI=1S/C21H20ClNO5/c1-13-3-6-15(7-4-13)17(11-20(25)26-2)23-19(24)8-5-14-9-16(22)21-18(10-14)27-12-28-21/h3-10,17H,11-12H2,1-2H3,(H,23,24)/b8-5+. The first-order valence-electron chi connectivity index (χ1n) is 8.67. The lowest BCUT2D eigenvalue weighted by atomic mass is 10.0. The van der Waals surface area contributed by atoms with E-state index in [0.717, 1.165) is 11.1 Å². The molecule has 28 heavy (non-hydrogen) atoms. The molecule has 146 valence electrons. The van der Waals surface area contributed by atoms with Crippen molar-refractivity contribution in [1.29, 1.82) is 0 Å². The highest BCUT2D eigenvalue weighted by Gasteiger charge is 2.19. The lowest BCUT2D eigenvalue weighted by molar-refractivity contribution is -0.141. The number of rotatable bonds is 6. The van der Waals surface area contributed by atoms with Crippen LogP contribution in [0.4, 0.5) is 0 Å². The molecule has 0 spiro atoms. The van der Waals surface area contributed by atoms with Gasteiger partial charge >= 0.3 is 5.97 Å². The number of ether oxygens (including phenoxy) is 3. The summed E-state index contributed by atoms with van der Waals surface area (Å²) in [5.74, 6) is 0.289. The minimum absolute atomic E-state index is 0.0367. The Bertz CT molecular complexity index is 908. The number of carbonyl (C=O) groups is 2. The molecule has 1 amide bonds. The predicted octanol–water partition coefficient (Wildman–Crippen LogP) is 3.81. The molecule has 1 N–H and O–H groups in total. The number of methoxy groups -OCH3 is 1. The van der Waals surface area contributed by atoms with Crippen molar-refractivity contribution in [3.63, 3.8) is 0 Å². The summed E-state index contributed by atoms with van der Waals surface area (Å²) in [7, 11) is 1.32. The molecular weight excluding hydrogens is 382 g/mol. The van der Waals surface area contributed by atoms with E-state index in [9.17, 15) is 9.59 Å². The molecule has 0 aromatic heterocycles. The largest absolute Gasteiger partial charge is 0.469 e. The van der Waals surface area contributed by atoms with Crippen LogP contribution < -0.4 is 14.8 Å². The van der Waals surface area contributed by atoms with E-state index in [1.54, 1.807) is 18.2 Å². The second kappa shape index (κ2) is 8.80. The van der Waals surface area contributed by atoms with Crippen molar-refractivity contribution < 1.29 is 23.8 Å². The lowest BCUT2D eigenvalue weighted by Gasteiger charge is -2.17. The van der Waals surface area contributed by atoms with E-state index in [1.165, 1.54) is 13.2 Å². The van der Waals surface area contributed by atoms with Gasteiger partial charge in [0.1, 0.15) is 0 Å². The zero-order valence-electron chi connectivity index (χ0n) is 15.5. The summed E-state index contributed by atoms with van der Waals surface area (Å²) < 4.78 is 15.3. The van der Waals surface area contributed by atoms with Crippen LogP contribution in [0.25, 0.3) is 6.08 Å². The molecule has 7 heteroatoms. The number of amides is 1. The van der Waals surface area contributed by atoms with Crippen molar-refractivity contribution in [2.45, 2.75) is 19.4 Å². The van der Waals surface area contributed by atoms with Crippen molar-refractivity contribution in [3.8, 4) is 11.5 Å². The van der Waals surface area contributed by atoms with Crippen LogP contribution in [0, 0.1) is 6.92 Å². The molecule has 2 aromatic rings. The highest BCUT2D eigenvalue weighted by Crippen LogP contribution is 2.40. The number of nitrogens with one attached hydrogen (secondary N) is 1. The van der Waals surface area contributed by atoms with E-state index in [2.05, 4.69) is 5.32 Å². The van der Waals surface area contributed by atoms with Crippen molar-refractivity contribution in [2.24, 2.45) is 0 Å². The van der Waals surface area contributed by atoms with Gasteiger partial charge in [-0.3, -0.25) is 9.59 Å². The van der Waals surface area contributed by atoms with E-state index < -0.39 is 12.0 Å². The van der Waals surface area contributed by atoms with Gasteiger partial charge < -0.3 is 19.5 Å². The van der Waals surface area contributed by atoms with Gasteiger partial charge in [-0.15, -0.1) is 0 Å². The van der Waals surface area contributed by atoms with Crippen molar-refractivity contribution in [2.75, 3.05) is 13.9 Å². The first-order valence-corrected chi connectivity index (χ1v) is 9.05. The summed E-state index contributed by atoms with van der Waals surface area (Å²) in [4.78, 5) is 24.2. The van der Waals surface area contributed by atoms with Gasteiger partial charge in [-0.2, -0.15) is 0 Å². The average molecular weight is 402 g/mol. The zero-order valence-corrected chi connectivity index (χ0v) is 16.3. The lowest BCUT2D eigenvalue weighted by Crippen LogP contribution is -2.29. The van der Waals surface area contributed by atoms with Crippen LogP contribution in [-0.4, -0.2) is 25.8 Å². The molecule has 0 saturated heterocycles. The Morgan fingerprint density at radius 3 is 2.71 bits per heavy atom. The van der Waals surface area contributed by atoms with Gasteiger partial charge in [-0.25, -0.2) is 0 Å². The molecule has 0 radical (unpaired) electrons. The summed E-state index contributed by atoms with van der Waals surface area (Å²) in [5, 5.41) is 3.25. The smallest absolute Gasteiger partial charge is 0.307 e. The molecule has 0 saturated carbocycles. The topological polar surface area (TPSA) is 73.9 Å². The van der Waals surface area contributed by atoms with Crippen LogP contribution in [-0.2, 0) is 14.3 Å². The summed E-state index contributed by atoms with van der Waals surface area (Å²) in [6, 6.07) is 10.5. The fourth-order valence-electron chi connectivity index (χ4n) is 2.78. The number of benzene rings is 2. The second-order valence-corrected chi connectivity index (χ2v) is 6.73. The minimum Gasteiger partial charge on any atom is -0.469 e.